The largest absolute Gasteiger partial charge is 0.497 e. The van der Waals surface area contributed by atoms with E-state index in [1.165, 1.54) is 0 Å². The van der Waals surface area contributed by atoms with Crippen LogP contribution >= 0.6 is 0 Å². The average molecular weight is 265 g/mol. The van der Waals surface area contributed by atoms with Gasteiger partial charge in [0.1, 0.15) is 5.75 Å². The fourth-order valence-corrected chi connectivity index (χ4v) is 2.40. The number of methoxy groups -OCH3 is 1. The molecule has 2 aromatic rings. The highest BCUT2D eigenvalue weighted by molar-refractivity contribution is 6.09. The van der Waals surface area contributed by atoms with Crippen LogP contribution in [0.1, 0.15) is 17.5 Å². The summed E-state index contributed by atoms with van der Waals surface area (Å²) in [6, 6.07) is 17.7. The third kappa shape index (κ3) is 2.30. The van der Waals surface area contributed by atoms with Crippen molar-refractivity contribution in [3.63, 3.8) is 0 Å². The third-order valence-electron chi connectivity index (χ3n) is 3.40. The van der Waals surface area contributed by atoms with Gasteiger partial charge in [0.25, 0.3) is 0 Å². The third-order valence-corrected chi connectivity index (χ3v) is 3.40. The molecule has 1 aliphatic heterocycles. The molecule has 1 amide bonds. The topological polar surface area (TPSA) is 38.3 Å². The molecule has 0 radical (unpaired) electrons. The molecule has 1 N–H and O–H groups in total. The van der Waals surface area contributed by atoms with Gasteiger partial charge in [-0.2, -0.15) is 0 Å². The van der Waals surface area contributed by atoms with Crippen LogP contribution in [0.25, 0.3) is 11.3 Å². The van der Waals surface area contributed by atoms with Gasteiger partial charge < -0.3 is 10.1 Å². The minimum Gasteiger partial charge on any atom is -0.497 e. The SMILES string of the molecule is COc1ccc(C2=C(c3ccccc3)CC(=O)N2)cc1. The normalized spacial score (nSPS) is 14.3. The lowest BCUT2D eigenvalue weighted by Gasteiger charge is -2.08. The van der Waals surface area contributed by atoms with Crippen LogP contribution in [0.4, 0.5) is 0 Å². The predicted molar refractivity (Wildman–Crippen MR) is 79.0 cm³/mol. The highest BCUT2D eigenvalue weighted by Gasteiger charge is 2.23. The van der Waals surface area contributed by atoms with E-state index in [9.17, 15) is 4.79 Å². The van der Waals surface area contributed by atoms with Gasteiger partial charge in [-0.1, -0.05) is 30.3 Å². The van der Waals surface area contributed by atoms with Crippen LogP contribution in [0, 0.1) is 0 Å². The second kappa shape index (κ2) is 5.21. The molecule has 3 heteroatoms. The maximum absolute atomic E-state index is 11.8. The average Bonchev–Trinajstić information content (AvgIpc) is 2.90. The number of hydrogen-bond acceptors (Lipinski definition) is 2. The molecule has 1 heterocycles. The summed E-state index contributed by atoms with van der Waals surface area (Å²) in [5.74, 6) is 0.842. The van der Waals surface area contributed by atoms with Gasteiger partial charge in [-0.25, -0.2) is 0 Å². The lowest BCUT2D eigenvalue weighted by atomic mass is 10.00. The first-order valence-electron chi connectivity index (χ1n) is 6.51. The molecule has 2 aromatic carbocycles. The summed E-state index contributed by atoms with van der Waals surface area (Å²) in [6.45, 7) is 0. The Balaban J connectivity index is 2.05. The van der Waals surface area contributed by atoms with E-state index in [1.54, 1.807) is 7.11 Å². The van der Waals surface area contributed by atoms with E-state index in [-0.39, 0.29) is 5.91 Å². The van der Waals surface area contributed by atoms with E-state index in [2.05, 4.69) is 5.32 Å². The zero-order valence-electron chi connectivity index (χ0n) is 11.2. The molecule has 0 atom stereocenters. The molecule has 3 nitrogen and oxygen atoms in total. The Labute approximate surface area is 117 Å². The molecular weight excluding hydrogens is 250 g/mol. The number of ether oxygens (including phenoxy) is 1. The smallest absolute Gasteiger partial charge is 0.228 e. The molecule has 20 heavy (non-hydrogen) atoms. The Morgan fingerprint density at radius 3 is 2.30 bits per heavy atom. The van der Waals surface area contributed by atoms with Crippen molar-refractivity contribution in [3.8, 4) is 5.75 Å². The van der Waals surface area contributed by atoms with E-state index in [0.29, 0.717) is 6.42 Å². The van der Waals surface area contributed by atoms with Gasteiger partial charge in [0.2, 0.25) is 5.91 Å². The van der Waals surface area contributed by atoms with E-state index >= 15 is 0 Å². The molecule has 1 aliphatic rings. The Hall–Kier alpha value is -2.55. The van der Waals surface area contributed by atoms with E-state index < -0.39 is 0 Å². The van der Waals surface area contributed by atoms with Crippen molar-refractivity contribution in [2.75, 3.05) is 7.11 Å². The Kier molecular flexibility index (Phi) is 3.25. The van der Waals surface area contributed by atoms with E-state index in [0.717, 1.165) is 28.1 Å². The van der Waals surface area contributed by atoms with Crippen molar-refractivity contribution < 1.29 is 9.53 Å². The molecule has 3 rings (SSSR count). The second-order valence-electron chi connectivity index (χ2n) is 4.67. The zero-order valence-corrected chi connectivity index (χ0v) is 11.2. The highest BCUT2D eigenvalue weighted by Crippen LogP contribution is 2.32. The summed E-state index contributed by atoms with van der Waals surface area (Å²) < 4.78 is 5.16. The number of benzene rings is 2. The van der Waals surface area contributed by atoms with Crippen molar-refractivity contribution in [1.29, 1.82) is 0 Å². The highest BCUT2D eigenvalue weighted by atomic mass is 16.5. The summed E-state index contributed by atoms with van der Waals surface area (Å²) in [5, 5.41) is 2.96. The summed E-state index contributed by atoms with van der Waals surface area (Å²) in [4.78, 5) is 11.8. The first-order valence-corrected chi connectivity index (χ1v) is 6.51. The zero-order chi connectivity index (χ0) is 13.9. The van der Waals surface area contributed by atoms with Gasteiger partial charge in [0.05, 0.1) is 19.2 Å². The van der Waals surface area contributed by atoms with Crippen LogP contribution in [-0.4, -0.2) is 13.0 Å². The Morgan fingerprint density at radius 2 is 1.65 bits per heavy atom. The lowest BCUT2D eigenvalue weighted by Crippen LogP contribution is -2.13. The van der Waals surface area contributed by atoms with Crippen molar-refractivity contribution in [2.45, 2.75) is 6.42 Å². The molecule has 0 saturated carbocycles. The van der Waals surface area contributed by atoms with Crippen LogP contribution in [-0.2, 0) is 4.79 Å². The first kappa shape index (κ1) is 12.5. The molecule has 100 valence electrons. The minimum absolute atomic E-state index is 0.0367. The van der Waals surface area contributed by atoms with Crippen LogP contribution < -0.4 is 10.1 Å². The van der Waals surface area contributed by atoms with Crippen LogP contribution in [0.5, 0.6) is 5.75 Å². The van der Waals surface area contributed by atoms with Gasteiger partial charge in [0, 0.05) is 0 Å². The molecule has 0 saturated heterocycles. The van der Waals surface area contributed by atoms with Gasteiger partial charge in [-0.3, -0.25) is 4.79 Å². The van der Waals surface area contributed by atoms with Crippen molar-refractivity contribution >= 4 is 17.2 Å². The summed E-state index contributed by atoms with van der Waals surface area (Å²) in [6.07, 6.45) is 0.422. The van der Waals surface area contributed by atoms with Crippen LogP contribution in [0.15, 0.2) is 54.6 Å². The number of nitrogens with one attached hydrogen (secondary N) is 1. The maximum atomic E-state index is 11.8. The fourth-order valence-electron chi connectivity index (χ4n) is 2.40. The van der Waals surface area contributed by atoms with Crippen LogP contribution in [0.3, 0.4) is 0 Å². The minimum atomic E-state index is 0.0367. The van der Waals surface area contributed by atoms with Crippen LogP contribution in [0.2, 0.25) is 0 Å². The van der Waals surface area contributed by atoms with Gasteiger partial charge in [-0.15, -0.1) is 0 Å². The monoisotopic (exact) mass is 265 g/mol. The van der Waals surface area contributed by atoms with Gasteiger partial charge >= 0.3 is 0 Å². The van der Waals surface area contributed by atoms with E-state index in [4.69, 9.17) is 4.74 Å². The molecule has 0 bridgehead atoms. The number of amides is 1. The van der Waals surface area contributed by atoms with Gasteiger partial charge in [-0.05, 0) is 41.0 Å². The number of rotatable bonds is 3. The molecule has 0 aliphatic carbocycles. The molecule has 0 fully saturated rings. The summed E-state index contributed by atoms with van der Waals surface area (Å²) in [5.41, 5.74) is 4.01. The number of hydrogen-bond donors (Lipinski definition) is 1. The number of carbonyl (C=O) groups excluding carboxylic acids is 1. The lowest BCUT2D eigenvalue weighted by molar-refractivity contribution is -0.118. The maximum Gasteiger partial charge on any atom is 0.228 e. The molecule has 0 unspecified atom stereocenters. The predicted octanol–water partition coefficient (Wildman–Crippen LogP) is 3.08. The summed E-state index contributed by atoms with van der Waals surface area (Å²) >= 11 is 0. The Morgan fingerprint density at radius 1 is 0.950 bits per heavy atom. The number of carbonyl (C=O) groups is 1. The molecule has 0 spiro atoms. The first-order chi connectivity index (χ1) is 9.78. The van der Waals surface area contributed by atoms with Crippen molar-refractivity contribution in [2.24, 2.45) is 0 Å². The van der Waals surface area contributed by atoms with Crippen molar-refractivity contribution in [1.82, 2.24) is 5.32 Å². The Bertz CT molecular complexity index is 657. The molecule has 0 aromatic heterocycles. The van der Waals surface area contributed by atoms with E-state index in [1.807, 2.05) is 54.6 Å². The fraction of sp³-hybridized carbons (Fsp3) is 0.118. The summed E-state index contributed by atoms with van der Waals surface area (Å²) in [7, 11) is 1.64. The van der Waals surface area contributed by atoms with Crippen molar-refractivity contribution in [3.05, 3.63) is 65.7 Å². The molecular formula is C17H15NO2. The second-order valence-corrected chi connectivity index (χ2v) is 4.67. The quantitative estimate of drug-likeness (QED) is 0.926. The standard InChI is InChI=1S/C17H15NO2/c1-20-14-9-7-13(8-10-14)17-15(11-16(19)18-17)12-5-3-2-4-6-12/h2-10H,11H2,1H3,(H,18,19). The van der Waals surface area contributed by atoms with Gasteiger partial charge in [0.15, 0.2) is 0 Å².